The van der Waals surface area contributed by atoms with Crippen molar-refractivity contribution in [3.05, 3.63) is 69.1 Å². The number of rotatable bonds is 7. The maximum atomic E-state index is 12.3. The molecule has 0 fully saturated rings. The summed E-state index contributed by atoms with van der Waals surface area (Å²) in [5.74, 6) is 0.338. The van der Waals surface area contributed by atoms with Crippen LogP contribution in [0.2, 0.25) is 5.02 Å². The Bertz CT molecular complexity index is 1340. The van der Waals surface area contributed by atoms with Gasteiger partial charge in [-0.1, -0.05) is 29.8 Å². The van der Waals surface area contributed by atoms with Gasteiger partial charge >= 0.3 is 0 Å². The summed E-state index contributed by atoms with van der Waals surface area (Å²) in [4.78, 5) is 15.6. The van der Waals surface area contributed by atoms with Crippen molar-refractivity contribution in [3.63, 3.8) is 0 Å². The first-order chi connectivity index (χ1) is 15.7. The van der Waals surface area contributed by atoms with Crippen LogP contribution in [-0.4, -0.2) is 27.3 Å². The largest absolute Gasteiger partial charge is 0.494 e. The third kappa shape index (κ3) is 4.23. The van der Waals surface area contributed by atoms with Gasteiger partial charge < -0.3 is 15.5 Å². The molecule has 3 N–H and O–H groups in total. The van der Waals surface area contributed by atoms with Gasteiger partial charge in [-0.25, -0.2) is 0 Å². The Morgan fingerprint density at radius 1 is 1.18 bits per heavy atom. The molecule has 2 aromatic heterocycles. The second-order valence-corrected chi connectivity index (χ2v) is 8.94. The second-order valence-electron chi connectivity index (χ2n) is 8.56. The number of para-hydroxylation sites is 1. The standard InChI is InChI=1S/C26H29ClN4O2/c1-14-12-18(13-15(2)23(14)27)33-11-7-10-20-19-8-6-9-21(24(19)29-25(20)26(28)32)22-16(3)30-31(5)17(22)4/h6,8-9,12-13,29H,7,10-11H2,1-5H3,(H2,28,32). The van der Waals surface area contributed by atoms with Gasteiger partial charge in [-0.2, -0.15) is 5.10 Å². The van der Waals surface area contributed by atoms with E-state index in [-0.39, 0.29) is 0 Å². The fourth-order valence-electron chi connectivity index (χ4n) is 4.54. The third-order valence-electron chi connectivity index (χ3n) is 6.22. The van der Waals surface area contributed by atoms with Crippen molar-refractivity contribution in [2.75, 3.05) is 6.61 Å². The minimum atomic E-state index is -0.461. The SMILES string of the molecule is Cc1cc(OCCCc2c(C(N)=O)[nH]c3c(-c4c(C)nn(C)c4C)cccc23)cc(C)c1Cl. The molecule has 0 aliphatic carbocycles. The minimum Gasteiger partial charge on any atom is -0.494 e. The number of carbonyl (C=O) groups excluding carboxylic acids is 1. The number of carbonyl (C=O) groups is 1. The number of H-pyrrole nitrogens is 1. The number of primary amides is 1. The van der Waals surface area contributed by atoms with Crippen molar-refractivity contribution in [3.8, 4) is 16.9 Å². The van der Waals surface area contributed by atoms with Crippen molar-refractivity contribution in [2.24, 2.45) is 12.8 Å². The van der Waals surface area contributed by atoms with Crippen LogP contribution in [0, 0.1) is 27.7 Å². The smallest absolute Gasteiger partial charge is 0.265 e. The fourth-order valence-corrected chi connectivity index (χ4v) is 4.65. The van der Waals surface area contributed by atoms with E-state index in [1.807, 2.05) is 63.7 Å². The zero-order chi connectivity index (χ0) is 23.9. The number of aryl methyl sites for hydroxylation is 5. The highest BCUT2D eigenvalue weighted by Gasteiger charge is 2.20. The number of nitrogens with two attached hydrogens (primary N) is 1. The highest BCUT2D eigenvalue weighted by atomic mass is 35.5. The fraction of sp³-hybridized carbons (Fsp3) is 0.308. The minimum absolute atomic E-state index is 0.454. The van der Waals surface area contributed by atoms with Gasteiger partial charge in [0, 0.05) is 34.3 Å². The summed E-state index contributed by atoms with van der Waals surface area (Å²) in [5.41, 5.74) is 14.1. The number of benzene rings is 2. The third-order valence-corrected chi connectivity index (χ3v) is 6.81. The zero-order valence-corrected chi connectivity index (χ0v) is 20.4. The number of aromatic amines is 1. The zero-order valence-electron chi connectivity index (χ0n) is 19.7. The van der Waals surface area contributed by atoms with E-state index >= 15 is 0 Å². The molecule has 2 heterocycles. The number of amides is 1. The van der Waals surface area contributed by atoms with Gasteiger partial charge in [-0.3, -0.25) is 9.48 Å². The van der Waals surface area contributed by atoms with E-state index in [1.54, 1.807) is 0 Å². The lowest BCUT2D eigenvalue weighted by Crippen LogP contribution is -2.14. The number of hydrogen-bond donors (Lipinski definition) is 2. The normalized spacial score (nSPS) is 11.3. The average molecular weight is 465 g/mol. The van der Waals surface area contributed by atoms with E-state index in [1.165, 1.54) is 0 Å². The van der Waals surface area contributed by atoms with Gasteiger partial charge in [0.1, 0.15) is 11.4 Å². The van der Waals surface area contributed by atoms with Gasteiger partial charge in [0.25, 0.3) is 5.91 Å². The summed E-state index contributed by atoms with van der Waals surface area (Å²) in [7, 11) is 1.94. The van der Waals surface area contributed by atoms with Crippen molar-refractivity contribution in [1.82, 2.24) is 14.8 Å². The van der Waals surface area contributed by atoms with Crippen molar-refractivity contribution < 1.29 is 9.53 Å². The van der Waals surface area contributed by atoms with Crippen LogP contribution < -0.4 is 10.5 Å². The molecule has 2 aromatic carbocycles. The molecule has 0 unspecified atom stereocenters. The molecule has 0 saturated carbocycles. The molecule has 0 bridgehead atoms. The van der Waals surface area contributed by atoms with Crippen molar-refractivity contribution in [2.45, 2.75) is 40.5 Å². The maximum Gasteiger partial charge on any atom is 0.265 e. The van der Waals surface area contributed by atoms with Gasteiger partial charge in [0.2, 0.25) is 0 Å². The number of ether oxygens (including phenoxy) is 1. The number of nitrogens with zero attached hydrogens (tertiary/aromatic N) is 2. The molecule has 4 aromatic rings. The molecule has 6 nitrogen and oxygen atoms in total. The Kier molecular flexibility index (Phi) is 6.21. The predicted octanol–water partition coefficient (Wildman–Crippen LogP) is 5.57. The lowest BCUT2D eigenvalue weighted by molar-refractivity contribution is 0.0995. The molecule has 0 saturated heterocycles. The molecule has 4 rings (SSSR count). The molecular weight excluding hydrogens is 436 g/mol. The molecule has 0 aliphatic heterocycles. The summed E-state index contributed by atoms with van der Waals surface area (Å²) < 4.78 is 7.84. The summed E-state index contributed by atoms with van der Waals surface area (Å²) >= 11 is 6.25. The number of nitrogens with one attached hydrogen (secondary N) is 1. The van der Waals surface area contributed by atoms with Gasteiger partial charge in [-0.05, 0) is 69.4 Å². The lowest BCUT2D eigenvalue weighted by atomic mass is 9.98. The number of fused-ring (bicyclic) bond motifs is 1. The van der Waals surface area contributed by atoms with E-state index in [0.717, 1.165) is 67.3 Å². The summed E-state index contributed by atoms with van der Waals surface area (Å²) in [5, 5.41) is 6.32. The van der Waals surface area contributed by atoms with Crippen LogP contribution in [0.15, 0.2) is 30.3 Å². The Morgan fingerprint density at radius 2 is 1.88 bits per heavy atom. The monoisotopic (exact) mass is 464 g/mol. The lowest BCUT2D eigenvalue weighted by Gasteiger charge is -2.10. The van der Waals surface area contributed by atoms with E-state index < -0.39 is 5.91 Å². The van der Waals surface area contributed by atoms with E-state index in [4.69, 9.17) is 22.1 Å². The number of halogens is 1. The molecular formula is C26H29ClN4O2. The first kappa shape index (κ1) is 22.9. The van der Waals surface area contributed by atoms with Gasteiger partial charge in [0.05, 0.1) is 17.8 Å². The molecule has 1 amide bonds. The van der Waals surface area contributed by atoms with Crippen LogP contribution in [0.5, 0.6) is 5.75 Å². The first-order valence-electron chi connectivity index (χ1n) is 11.0. The summed E-state index contributed by atoms with van der Waals surface area (Å²) in [6.07, 6.45) is 1.40. The molecule has 0 spiro atoms. The average Bonchev–Trinajstić information content (AvgIpc) is 3.26. The topological polar surface area (TPSA) is 85.9 Å². The first-order valence-corrected chi connectivity index (χ1v) is 11.4. The van der Waals surface area contributed by atoms with E-state index in [0.29, 0.717) is 18.7 Å². The van der Waals surface area contributed by atoms with E-state index in [2.05, 4.69) is 16.1 Å². The molecule has 33 heavy (non-hydrogen) atoms. The van der Waals surface area contributed by atoms with Crippen LogP contribution in [0.3, 0.4) is 0 Å². The highest BCUT2D eigenvalue weighted by molar-refractivity contribution is 6.32. The van der Waals surface area contributed by atoms with Gasteiger partial charge in [-0.15, -0.1) is 0 Å². The summed E-state index contributed by atoms with van der Waals surface area (Å²) in [6, 6.07) is 9.99. The summed E-state index contributed by atoms with van der Waals surface area (Å²) in [6.45, 7) is 8.50. The molecule has 0 atom stereocenters. The van der Waals surface area contributed by atoms with Crippen molar-refractivity contribution in [1.29, 1.82) is 0 Å². The Labute approximate surface area is 198 Å². The molecule has 0 radical (unpaired) electrons. The van der Waals surface area contributed by atoms with Gasteiger partial charge in [0.15, 0.2) is 0 Å². The molecule has 0 aliphatic rings. The van der Waals surface area contributed by atoms with Crippen LogP contribution in [0.1, 0.15) is 45.0 Å². The predicted molar refractivity (Wildman–Crippen MR) is 133 cm³/mol. The molecule has 7 heteroatoms. The Morgan fingerprint density at radius 3 is 2.48 bits per heavy atom. The van der Waals surface area contributed by atoms with E-state index in [9.17, 15) is 4.79 Å². The number of aromatic nitrogens is 3. The highest BCUT2D eigenvalue weighted by Crippen LogP contribution is 2.35. The van der Waals surface area contributed by atoms with Crippen LogP contribution in [-0.2, 0) is 13.5 Å². The Hall–Kier alpha value is -3.25. The Balaban J connectivity index is 1.62. The second kappa shape index (κ2) is 8.94. The maximum absolute atomic E-state index is 12.3. The molecule has 172 valence electrons. The van der Waals surface area contributed by atoms with Crippen LogP contribution in [0.4, 0.5) is 0 Å². The van der Waals surface area contributed by atoms with Crippen LogP contribution in [0.25, 0.3) is 22.0 Å². The van der Waals surface area contributed by atoms with Crippen molar-refractivity contribution >= 4 is 28.4 Å². The number of hydrogen-bond acceptors (Lipinski definition) is 3. The quantitative estimate of drug-likeness (QED) is 0.351. The van der Waals surface area contributed by atoms with Crippen LogP contribution >= 0.6 is 11.6 Å².